The minimum Gasteiger partial charge on any atom is -0.311 e. The Kier molecular flexibility index (Phi) is 9.15. The Bertz CT molecular complexity index is 3470. The van der Waals surface area contributed by atoms with Gasteiger partial charge in [-0.3, -0.25) is 0 Å². The number of para-hydroxylation sites is 2. The van der Waals surface area contributed by atoms with E-state index in [9.17, 15) is 0 Å². The third kappa shape index (κ3) is 6.39. The van der Waals surface area contributed by atoms with Crippen molar-refractivity contribution in [2.45, 2.75) is 104 Å². The lowest BCUT2D eigenvalue weighted by atomic mass is 9.33. The van der Waals surface area contributed by atoms with Crippen molar-refractivity contribution in [3.05, 3.63) is 192 Å². The summed E-state index contributed by atoms with van der Waals surface area (Å²) in [6.45, 7) is 26.0. The van der Waals surface area contributed by atoms with Gasteiger partial charge in [0, 0.05) is 50.5 Å². The highest BCUT2D eigenvalue weighted by molar-refractivity contribution is 7.00. The molecule has 0 spiro atoms. The number of hydrogen-bond donors (Lipinski definition) is 0. The van der Waals surface area contributed by atoms with Crippen molar-refractivity contribution >= 4 is 79.0 Å². The molecule has 0 N–H and O–H groups in total. The van der Waals surface area contributed by atoms with Gasteiger partial charge >= 0.3 is 0 Å². The number of hydrogen-bond acceptors (Lipinski definition) is 2. The molecule has 2 aliphatic heterocycles. The molecule has 0 amide bonds. The van der Waals surface area contributed by atoms with Gasteiger partial charge in [-0.15, -0.1) is 0 Å². The van der Waals surface area contributed by atoms with Crippen molar-refractivity contribution in [2.24, 2.45) is 0 Å². The summed E-state index contributed by atoms with van der Waals surface area (Å²) in [7, 11) is 0. The van der Waals surface area contributed by atoms with Gasteiger partial charge in [0.05, 0.1) is 16.7 Å². The molecule has 336 valence electrons. The van der Waals surface area contributed by atoms with Gasteiger partial charge in [0.15, 0.2) is 0 Å². The first-order chi connectivity index (χ1) is 32.4. The molecule has 12 rings (SSSR count). The molecule has 9 aromatic rings. The summed E-state index contributed by atoms with van der Waals surface area (Å²) in [5.41, 5.74) is 24.4. The summed E-state index contributed by atoms with van der Waals surface area (Å²) in [6.07, 6.45) is 1.10. The Morgan fingerprint density at radius 1 is 0.456 bits per heavy atom. The van der Waals surface area contributed by atoms with Crippen LogP contribution in [0, 0.1) is 6.92 Å². The molecule has 0 atom stereocenters. The molecule has 3 aliphatic rings. The van der Waals surface area contributed by atoms with Crippen LogP contribution in [0.25, 0.3) is 38.6 Å². The molecule has 1 aromatic heterocycles. The van der Waals surface area contributed by atoms with Crippen molar-refractivity contribution < 1.29 is 0 Å². The molecular weight excluding hydrogens is 822 g/mol. The summed E-state index contributed by atoms with van der Waals surface area (Å²) < 4.78 is 2.48. The van der Waals surface area contributed by atoms with Gasteiger partial charge in [0.2, 0.25) is 0 Å². The Morgan fingerprint density at radius 2 is 1.00 bits per heavy atom. The molecule has 0 bridgehead atoms. The molecule has 3 nitrogen and oxygen atoms in total. The Hall–Kier alpha value is -6.78. The van der Waals surface area contributed by atoms with Crippen LogP contribution in [0.5, 0.6) is 0 Å². The Labute approximate surface area is 404 Å². The van der Waals surface area contributed by atoms with Gasteiger partial charge in [0.25, 0.3) is 6.71 Å². The molecule has 0 saturated heterocycles. The average molecular weight is 884 g/mol. The van der Waals surface area contributed by atoms with E-state index < -0.39 is 0 Å². The lowest BCUT2D eigenvalue weighted by molar-refractivity contribution is 0.403. The maximum Gasteiger partial charge on any atom is 0.252 e. The molecule has 0 radical (unpaired) electrons. The van der Waals surface area contributed by atoms with Crippen LogP contribution >= 0.6 is 0 Å². The first-order valence-corrected chi connectivity index (χ1v) is 24.8. The molecule has 0 saturated carbocycles. The largest absolute Gasteiger partial charge is 0.311 e. The highest BCUT2D eigenvalue weighted by Crippen LogP contribution is 2.54. The van der Waals surface area contributed by atoms with E-state index in [1.807, 2.05) is 0 Å². The van der Waals surface area contributed by atoms with Gasteiger partial charge in [-0.25, -0.2) is 0 Å². The zero-order valence-corrected chi connectivity index (χ0v) is 41.7. The van der Waals surface area contributed by atoms with Crippen LogP contribution in [0.3, 0.4) is 0 Å². The minimum absolute atomic E-state index is 0.00187. The van der Waals surface area contributed by atoms with E-state index in [0.29, 0.717) is 0 Å². The van der Waals surface area contributed by atoms with Crippen LogP contribution in [0.1, 0.15) is 103 Å². The number of anilines is 6. The van der Waals surface area contributed by atoms with Crippen molar-refractivity contribution in [2.75, 3.05) is 9.80 Å². The van der Waals surface area contributed by atoms with E-state index in [1.54, 1.807) is 0 Å². The second kappa shape index (κ2) is 14.6. The maximum absolute atomic E-state index is 2.66. The quantitative estimate of drug-likeness (QED) is 0.163. The van der Waals surface area contributed by atoms with Crippen LogP contribution in [0.15, 0.2) is 164 Å². The zero-order chi connectivity index (χ0) is 47.2. The van der Waals surface area contributed by atoms with Gasteiger partial charge < -0.3 is 14.4 Å². The van der Waals surface area contributed by atoms with Gasteiger partial charge in [0.1, 0.15) is 0 Å². The van der Waals surface area contributed by atoms with E-state index >= 15 is 0 Å². The second-order valence-electron chi connectivity index (χ2n) is 23.5. The predicted molar refractivity (Wildman–Crippen MR) is 293 cm³/mol. The topological polar surface area (TPSA) is 11.4 Å². The third-order valence-electron chi connectivity index (χ3n) is 15.7. The molecule has 8 aromatic carbocycles. The molecule has 1 aliphatic carbocycles. The van der Waals surface area contributed by atoms with Gasteiger partial charge in [-0.1, -0.05) is 166 Å². The molecule has 3 heterocycles. The summed E-state index contributed by atoms with van der Waals surface area (Å²) in [5.74, 6) is 0. The highest BCUT2D eigenvalue weighted by atomic mass is 15.2. The second-order valence-corrected chi connectivity index (χ2v) is 23.5. The SMILES string of the molecule is Cc1cc2c3c(c1)N(c1ccc(C(C)(C)C)cc1-c1ccccc1)c1cc4c(cc1B3c1ccc(-n3c5ccccc5c5ccccc53)cc1N2c1ccc(C(C)(C)C)cc1)C(C)(C)CC4(C)C. The van der Waals surface area contributed by atoms with E-state index in [-0.39, 0.29) is 28.4 Å². The van der Waals surface area contributed by atoms with Crippen LogP contribution in [0.4, 0.5) is 34.1 Å². The maximum atomic E-state index is 2.66. The molecule has 0 unspecified atom stereocenters. The van der Waals surface area contributed by atoms with E-state index in [2.05, 4.69) is 254 Å². The lowest BCUT2D eigenvalue weighted by Gasteiger charge is -2.45. The molecule has 68 heavy (non-hydrogen) atoms. The Balaban J connectivity index is 1.19. The van der Waals surface area contributed by atoms with Gasteiger partial charge in [-0.2, -0.15) is 0 Å². The monoisotopic (exact) mass is 884 g/mol. The lowest BCUT2D eigenvalue weighted by Crippen LogP contribution is -2.61. The van der Waals surface area contributed by atoms with Crippen molar-refractivity contribution in [3.8, 4) is 16.8 Å². The number of benzene rings is 8. The molecular formula is C64H62BN3. The van der Waals surface area contributed by atoms with Crippen LogP contribution in [0.2, 0.25) is 0 Å². The third-order valence-corrected chi connectivity index (χ3v) is 15.7. The van der Waals surface area contributed by atoms with E-state index in [4.69, 9.17) is 0 Å². The van der Waals surface area contributed by atoms with E-state index in [1.165, 1.54) is 111 Å². The van der Waals surface area contributed by atoms with Crippen LogP contribution < -0.4 is 26.2 Å². The zero-order valence-electron chi connectivity index (χ0n) is 41.7. The highest BCUT2D eigenvalue weighted by Gasteiger charge is 2.48. The van der Waals surface area contributed by atoms with Crippen molar-refractivity contribution in [1.82, 2.24) is 4.57 Å². The van der Waals surface area contributed by atoms with Crippen LogP contribution in [-0.2, 0) is 21.7 Å². The van der Waals surface area contributed by atoms with Crippen LogP contribution in [-0.4, -0.2) is 11.3 Å². The first kappa shape index (κ1) is 42.6. The fourth-order valence-corrected chi connectivity index (χ4v) is 12.6. The first-order valence-electron chi connectivity index (χ1n) is 24.8. The number of nitrogens with zero attached hydrogens (tertiary/aromatic N) is 3. The fraction of sp³-hybridized carbons (Fsp3) is 0.250. The van der Waals surface area contributed by atoms with Crippen molar-refractivity contribution in [1.29, 1.82) is 0 Å². The summed E-state index contributed by atoms with van der Waals surface area (Å²) in [5, 5.41) is 2.54. The number of aromatic nitrogens is 1. The molecule has 4 heteroatoms. The fourth-order valence-electron chi connectivity index (χ4n) is 12.6. The smallest absolute Gasteiger partial charge is 0.252 e. The minimum atomic E-state index is -0.0171. The normalized spacial score (nSPS) is 15.7. The molecule has 0 fully saturated rings. The standard InChI is InChI=1S/C64H62BN3/c1-40-33-58-60-59(34-40)68(55-32-27-43(62(5,6)7)35-48(55)41-19-13-12-14-20-41)57-38-50-49(63(8,9)39-64(50,10)11)37-52(57)65(60)51-31-30-45(36-56(51)66(58)44-28-25-42(26-29-44)61(2,3)4)67-53-23-17-15-21-46(53)47-22-16-18-24-54(47)67/h12-38H,39H2,1-11H3. The number of aryl methyl sites for hydroxylation is 1. The van der Waals surface area contributed by atoms with Gasteiger partial charge in [-0.05, 0) is 152 Å². The Morgan fingerprint density at radius 3 is 1.63 bits per heavy atom. The average Bonchev–Trinajstić information content (AvgIpc) is 3.73. The summed E-state index contributed by atoms with van der Waals surface area (Å²) in [4.78, 5) is 5.25. The number of fused-ring (bicyclic) bond motifs is 8. The van der Waals surface area contributed by atoms with E-state index in [0.717, 1.165) is 12.1 Å². The van der Waals surface area contributed by atoms with Crippen molar-refractivity contribution in [3.63, 3.8) is 0 Å². The number of rotatable bonds is 4. The predicted octanol–water partition coefficient (Wildman–Crippen LogP) is 15.4. The summed E-state index contributed by atoms with van der Waals surface area (Å²) >= 11 is 0. The summed E-state index contributed by atoms with van der Waals surface area (Å²) in [6, 6.07) is 63.0.